The first-order valence-corrected chi connectivity index (χ1v) is 10.8. The highest BCUT2D eigenvalue weighted by Crippen LogP contribution is 2.38. The molecule has 0 aliphatic heterocycles. The number of fused-ring (bicyclic) bond motifs is 1. The predicted molar refractivity (Wildman–Crippen MR) is 125 cm³/mol. The van der Waals surface area contributed by atoms with Crippen LogP contribution in [-0.2, 0) is 16.1 Å². The zero-order valence-electron chi connectivity index (χ0n) is 17.2. The largest absolute Gasteiger partial charge is 0.463 e. The number of nitrogens with zero attached hydrogens (tertiary/aromatic N) is 4. The van der Waals surface area contributed by atoms with Gasteiger partial charge in [-0.1, -0.05) is 30.3 Å². The molecule has 0 saturated heterocycles. The van der Waals surface area contributed by atoms with Crippen LogP contribution in [0.1, 0.15) is 19.4 Å². The molecule has 0 aliphatic rings. The minimum atomic E-state index is -0.399. The third-order valence-corrected chi connectivity index (χ3v) is 5.27. The SMILES string of the molecule is CCOC(=O)C=Cc1c(-c2ccccc2)nc2c(cnn2CC)c1-c1cncc(Br)c1. The summed E-state index contributed by atoms with van der Waals surface area (Å²) >= 11 is 3.52. The van der Waals surface area contributed by atoms with Crippen LogP contribution < -0.4 is 0 Å². The molecule has 0 fully saturated rings. The molecule has 4 rings (SSSR count). The van der Waals surface area contributed by atoms with Crippen LogP contribution in [0.15, 0.2) is 65.5 Å². The molecule has 7 heteroatoms. The quantitative estimate of drug-likeness (QED) is 0.270. The van der Waals surface area contributed by atoms with E-state index in [1.54, 1.807) is 25.4 Å². The maximum atomic E-state index is 12.1. The Bertz CT molecular complexity index is 1270. The lowest BCUT2D eigenvalue weighted by Crippen LogP contribution is -2.02. The number of carbonyl (C=O) groups is 1. The lowest BCUT2D eigenvalue weighted by atomic mass is 9.94. The molecule has 0 atom stereocenters. The van der Waals surface area contributed by atoms with E-state index in [1.165, 1.54) is 6.08 Å². The van der Waals surface area contributed by atoms with Crippen molar-refractivity contribution >= 4 is 39.0 Å². The Morgan fingerprint density at radius 3 is 2.65 bits per heavy atom. The second-order valence-corrected chi connectivity index (χ2v) is 7.71. The van der Waals surface area contributed by atoms with Gasteiger partial charge in [-0.2, -0.15) is 5.10 Å². The van der Waals surface area contributed by atoms with Gasteiger partial charge in [0.25, 0.3) is 0 Å². The number of hydrogen-bond acceptors (Lipinski definition) is 5. The molecule has 0 N–H and O–H groups in total. The third-order valence-electron chi connectivity index (χ3n) is 4.84. The van der Waals surface area contributed by atoms with Crippen molar-refractivity contribution in [1.29, 1.82) is 0 Å². The number of halogens is 1. The Hall–Kier alpha value is -3.32. The number of hydrogen-bond donors (Lipinski definition) is 0. The predicted octanol–water partition coefficient (Wildman–Crippen LogP) is 5.52. The molecule has 1 aromatic carbocycles. The second kappa shape index (κ2) is 9.22. The van der Waals surface area contributed by atoms with Gasteiger partial charge in [-0.25, -0.2) is 14.5 Å². The Labute approximate surface area is 188 Å². The summed E-state index contributed by atoms with van der Waals surface area (Å²) in [7, 11) is 0. The third kappa shape index (κ3) is 4.27. The van der Waals surface area contributed by atoms with E-state index in [9.17, 15) is 4.79 Å². The van der Waals surface area contributed by atoms with E-state index in [4.69, 9.17) is 9.72 Å². The van der Waals surface area contributed by atoms with Crippen molar-refractivity contribution in [3.05, 3.63) is 71.1 Å². The molecule has 0 aliphatic carbocycles. The van der Waals surface area contributed by atoms with Crippen molar-refractivity contribution in [2.45, 2.75) is 20.4 Å². The first-order chi connectivity index (χ1) is 15.1. The van der Waals surface area contributed by atoms with Gasteiger partial charge in [0.05, 0.1) is 18.5 Å². The van der Waals surface area contributed by atoms with Crippen LogP contribution in [0.25, 0.3) is 39.5 Å². The lowest BCUT2D eigenvalue weighted by Gasteiger charge is -2.14. The zero-order chi connectivity index (χ0) is 21.8. The van der Waals surface area contributed by atoms with Crippen LogP contribution in [0.2, 0.25) is 0 Å². The summed E-state index contributed by atoms with van der Waals surface area (Å²) in [4.78, 5) is 21.4. The molecule has 3 heterocycles. The van der Waals surface area contributed by atoms with Crippen molar-refractivity contribution in [3.8, 4) is 22.4 Å². The van der Waals surface area contributed by atoms with Crippen LogP contribution >= 0.6 is 15.9 Å². The fourth-order valence-electron chi connectivity index (χ4n) is 3.51. The van der Waals surface area contributed by atoms with Gasteiger partial charge in [0.15, 0.2) is 5.65 Å². The fourth-order valence-corrected chi connectivity index (χ4v) is 3.88. The number of esters is 1. The normalized spacial score (nSPS) is 11.3. The van der Waals surface area contributed by atoms with Crippen molar-refractivity contribution < 1.29 is 9.53 Å². The second-order valence-electron chi connectivity index (χ2n) is 6.79. The topological polar surface area (TPSA) is 69.9 Å². The van der Waals surface area contributed by atoms with Gasteiger partial charge in [-0.3, -0.25) is 4.98 Å². The van der Waals surface area contributed by atoms with Gasteiger partial charge in [0, 0.05) is 57.1 Å². The van der Waals surface area contributed by atoms with E-state index in [0.717, 1.165) is 43.5 Å². The highest BCUT2D eigenvalue weighted by atomic mass is 79.9. The van der Waals surface area contributed by atoms with E-state index < -0.39 is 5.97 Å². The highest BCUT2D eigenvalue weighted by Gasteiger charge is 2.20. The smallest absolute Gasteiger partial charge is 0.330 e. The molecule has 0 unspecified atom stereocenters. The van der Waals surface area contributed by atoms with E-state index in [0.29, 0.717) is 13.2 Å². The van der Waals surface area contributed by atoms with E-state index in [2.05, 4.69) is 26.0 Å². The minimum Gasteiger partial charge on any atom is -0.463 e. The molecule has 0 bridgehead atoms. The maximum absolute atomic E-state index is 12.1. The molecule has 4 aromatic rings. The standard InChI is InChI=1S/C24H21BrN4O2/c1-3-29-24-20(15-27-29)22(17-12-18(25)14-26-13-17)19(10-11-21(30)31-4-2)23(28-24)16-8-6-5-7-9-16/h5-15H,3-4H2,1-2H3. The van der Waals surface area contributed by atoms with Crippen LogP contribution in [0.3, 0.4) is 0 Å². The van der Waals surface area contributed by atoms with Crippen molar-refractivity contribution in [2.75, 3.05) is 6.61 Å². The number of aromatic nitrogens is 4. The summed E-state index contributed by atoms with van der Waals surface area (Å²) in [6, 6.07) is 11.9. The van der Waals surface area contributed by atoms with E-state index in [-0.39, 0.29) is 0 Å². The van der Waals surface area contributed by atoms with Gasteiger partial charge in [-0.05, 0) is 41.9 Å². The molecule has 0 spiro atoms. The molecule has 0 radical (unpaired) electrons. The number of carbonyl (C=O) groups excluding carboxylic acids is 1. The molecule has 0 amide bonds. The van der Waals surface area contributed by atoms with Crippen molar-refractivity contribution in [1.82, 2.24) is 19.7 Å². The average molecular weight is 477 g/mol. The van der Waals surface area contributed by atoms with Crippen LogP contribution in [0.4, 0.5) is 0 Å². The van der Waals surface area contributed by atoms with Gasteiger partial charge in [-0.15, -0.1) is 0 Å². The van der Waals surface area contributed by atoms with Crippen molar-refractivity contribution in [2.24, 2.45) is 0 Å². The van der Waals surface area contributed by atoms with Gasteiger partial charge < -0.3 is 4.74 Å². The first kappa shape index (κ1) is 20.9. The van der Waals surface area contributed by atoms with Crippen LogP contribution in [0, 0.1) is 0 Å². The molecular formula is C24H21BrN4O2. The Balaban J connectivity index is 2.08. The number of pyridine rings is 2. The Kier molecular flexibility index (Phi) is 6.23. The fraction of sp³-hybridized carbons (Fsp3) is 0.167. The number of rotatable bonds is 6. The molecular weight excluding hydrogens is 456 g/mol. The van der Waals surface area contributed by atoms with Gasteiger partial charge >= 0.3 is 5.97 Å². The number of aryl methyl sites for hydroxylation is 1. The first-order valence-electron chi connectivity index (χ1n) is 10.0. The summed E-state index contributed by atoms with van der Waals surface area (Å²) in [5, 5.41) is 5.42. The molecule has 0 saturated carbocycles. The number of ether oxygens (including phenoxy) is 1. The Morgan fingerprint density at radius 2 is 1.94 bits per heavy atom. The molecule has 156 valence electrons. The highest BCUT2D eigenvalue weighted by molar-refractivity contribution is 9.10. The Morgan fingerprint density at radius 1 is 1.13 bits per heavy atom. The monoisotopic (exact) mass is 476 g/mol. The van der Waals surface area contributed by atoms with Gasteiger partial charge in [0.2, 0.25) is 0 Å². The summed E-state index contributed by atoms with van der Waals surface area (Å²) in [5.74, 6) is -0.399. The summed E-state index contributed by atoms with van der Waals surface area (Å²) in [6.45, 7) is 4.83. The van der Waals surface area contributed by atoms with Crippen LogP contribution in [0.5, 0.6) is 0 Å². The zero-order valence-corrected chi connectivity index (χ0v) is 18.8. The molecule has 31 heavy (non-hydrogen) atoms. The minimum absolute atomic E-state index is 0.317. The van der Waals surface area contributed by atoms with Crippen LogP contribution in [-0.4, -0.2) is 32.3 Å². The van der Waals surface area contributed by atoms with Gasteiger partial charge in [0.1, 0.15) is 0 Å². The summed E-state index contributed by atoms with van der Waals surface area (Å²) < 4.78 is 7.83. The van der Waals surface area contributed by atoms with E-state index >= 15 is 0 Å². The summed E-state index contributed by atoms with van der Waals surface area (Å²) in [5.41, 5.74) is 5.11. The molecule has 3 aromatic heterocycles. The lowest BCUT2D eigenvalue weighted by molar-refractivity contribution is -0.137. The maximum Gasteiger partial charge on any atom is 0.330 e. The number of benzene rings is 1. The van der Waals surface area contributed by atoms with Crippen molar-refractivity contribution in [3.63, 3.8) is 0 Å². The van der Waals surface area contributed by atoms with E-state index in [1.807, 2.05) is 54.2 Å². The molecule has 6 nitrogen and oxygen atoms in total. The average Bonchev–Trinajstić information content (AvgIpc) is 3.20. The summed E-state index contributed by atoms with van der Waals surface area (Å²) in [6.07, 6.45) is 8.58.